The van der Waals surface area contributed by atoms with Gasteiger partial charge in [-0.25, -0.2) is 0 Å². The maximum absolute atomic E-state index is 13.3. The molecule has 2 amide bonds. The Morgan fingerprint density at radius 2 is 1.78 bits per heavy atom. The van der Waals surface area contributed by atoms with Gasteiger partial charge in [0.25, 0.3) is 0 Å². The molecule has 0 atom stereocenters. The minimum atomic E-state index is 0.0492. The van der Waals surface area contributed by atoms with Gasteiger partial charge in [0.2, 0.25) is 11.8 Å². The standard InChI is InChI=1S/C22H28N2O2S/c1-2-23(22-16-8-14-7-15(10-16)11-17(22)9-14)20(25)12-24-18-5-3-4-6-19(18)27-13-21(24)26/h3-6,14-17,22H,2,7-13H2,1H3. The number of hydrogen-bond acceptors (Lipinski definition) is 3. The highest BCUT2D eigenvalue weighted by Gasteiger charge is 2.50. The van der Waals surface area contributed by atoms with E-state index in [0.717, 1.165) is 29.0 Å². The molecule has 144 valence electrons. The Morgan fingerprint density at radius 3 is 2.44 bits per heavy atom. The number of carbonyl (C=O) groups is 2. The largest absolute Gasteiger partial charge is 0.338 e. The van der Waals surface area contributed by atoms with Crippen LogP contribution in [0, 0.1) is 23.7 Å². The lowest BCUT2D eigenvalue weighted by Crippen LogP contribution is -2.59. The van der Waals surface area contributed by atoms with Crippen molar-refractivity contribution >= 4 is 29.3 Å². The number of thioether (sulfide) groups is 1. The van der Waals surface area contributed by atoms with E-state index in [4.69, 9.17) is 0 Å². The number of likely N-dealkylation sites (N-methyl/N-ethyl adjacent to an activating group) is 1. The summed E-state index contributed by atoms with van der Waals surface area (Å²) in [6.07, 6.45) is 6.66. The molecule has 0 saturated heterocycles. The van der Waals surface area contributed by atoms with Gasteiger partial charge in [-0.15, -0.1) is 11.8 Å². The first-order valence-corrected chi connectivity index (χ1v) is 11.4. The smallest absolute Gasteiger partial charge is 0.242 e. The van der Waals surface area contributed by atoms with Crippen LogP contribution in [0.1, 0.15) is 39.0 Å². The minimum absolute atomic E-state index is 0.0492. The fourth-order valence-corrected chi connectivity index (χ4v) is 7.45. The van der Waals surface area contributed by atoms with Crippen molar-refractivity contribution in [3.8, 4) is 0 Å². The number of benzene rings is 1. The van der Waals surface area contributed by atoms with Crippen molar-refractivity contribution in [3.05, 3.63) is 24.3 Å². The highest BCUT2D eigenvalue weighted by molar-refractivity contribution is 8.00. The van der Waals surface area contributed by atoms with E-state index >= 15 is 0 Å². The molecule has 0 radical (unpaired) electrons. The van der Waals surface area contributed by atoms with E-state index in [9.17, 15) is 9.59 Å². The molecule has 1 aromatic carbocycles. The van der Waals surface area contributed by atoms with Crippen molar-refractivity contribution in [2.24, 2.45) is 23.7 Å². The summed E-state index contributed by atoms with van der Waals surface area (Å²) in [4.78, 5) is 30.8. The summed E-state index contributed by atoms with van der Waals surface area (Å²) in [5.41, 5.74) is 0.897. The molecule has 1 aliphatic heterocycles. The summed E-state index contributed by atoms with van der Waals surface area (Å²) >= 11 is 1.57. The molecule has 1 heterocycles. The molecule has 1 aromatic rings. The van der Waals surface area contributed by atoms with Crippen LogP contribution < -0.4 is 4.90 Å². The lowest BCUT2D eigenvalue weighted by Gasteiger charge is -2.57. The zero-order valence-electron chi connectivity index (χ0n) is 16.0. The number of nitrogens with zero attached hydrogens (tertiary/aromatic N) is 2. The molecule has 4 fully saturated rings. The Hall–Kier alpha value is -1.49. The maximum atomic E-state index is 13.3. The molecule has 5 aliphatic rings. The summed E-state index contributed by atoms with van der Waals surface area (Å²) in [6, 6.07) is 8.35. The number of hydrogen-bond donors (Lipinski definition) is 0. The first-order valence-electron chi connectivity index (χ1n) is 10.5. The van der Waals surface area contributed by atoms with Gasteiger partial charge in [0.1, 0.15) is 6.54 Å². The molecule has 0 aromatic heterocycles. The quantitative estimate of drug-likeness (QED) is 0.793. The van der Waals surface area contributed by atoms with Gasteiger partial charge in [0, 0.05) is 17.5 Å². The third kappa shape index (κ3) is 2.98. The number of anilines is 1. The second-order valence-electron chi connectivity index (χ2n) is 8.84. The van der Waals surface area contributed by atoms with Crippen molar-refractivity contribution in [2.45, 2.75) is 50.0 Å². The number of fused-ring (bicyclic) bond motifs is 1. The third-order valence-corrected chi connectivity index (χ3v) is 8.35. The van der Waals surface area contributed by atoms with Gasteiger partial charge >= 0.3 is 0 Å². The van der Waals surface area contributed by atoms with E-state index < -0.39 is 0 Å². The van der Waals surface area contributed by atoms with Crippen LogP contribution in [0.4, 0.5) is 5.69 Å². The molecule has 27 heavy (non-hydrogen) atoms. The first-order chi connectivity index (χ1) is 13.1. The van der Waals surface area contributed by atoms with Crippen LogP contribution in [0.2, 0.25) is 0 Å². The molecule has 0 N–H and O–H groups in total. The fraction of sp³-hybridized carbons (Fsp3) is 0.636. The van der Waals surface area contributed by atoms with Gasteiger partial charge in [-0.2, -0.15) is 0 Å². The Morgan fingerprint density at radius 1 is 1.11 bits per heavy atom. The predicted octanol–water partition coefficient (Wildman–Crippen LogP) is 3.80. The van der Waals surface area contributed by atoms with E-state index in [1.54, 1.807) is 16.7 Å². The average molecular weight is 385 g/mol. The highest BCUT2D eigenvalue weighted by Crippen LogP contribution is 2.55. The van der Waals surface area contributed by atoms with Gasteiger partial charge in [-0.3, -0.25) is 9.59 Å². The number of carbonyl (C=O) groups excluding carboxylic acids is 2. The van der Waals surface area contributed by atoms with Gasteiger partial charge in [0.05, 0.1) is 11.4 Å². The van der Waals surface area contributed by atoms with E-state index in [0.29, 0.717) is 23.6 Å². The topological polar surface area (TPSA) is 40.6 Å². The van der Waals surface area contributed by atoms with Crippen LogP contribution in [0.5, 0.6) is 0 Å². The molecule has 0 spiro atoms. The molecular formula is C22H28N2O2S. The van der Waals surface area contributed by atoms with Crippen molar-refractivity contribution in [3.63, 3.8) is 0 Å². The average Bonchev–Trinajstić information content (AvgIpc) is 2.66. The zero-order valence-corrected chi connectivity index (χ0v) is 16.8. The zero-order chi connectivity index (χ0) is 18.5. The number of rotatable bonds is 4. The minimum Gasteiger partial charge on any atom is -0.338 e. The molecule has 4 bridgehead atoms. The molecule has 0 unspecified atom stereocenters. The van der Waals surface area contributed by atoms with Crippen LogP contribution in [0.25, 0.3) is 0 Å². The Balaban J connectivity index is 1.36. The Bertz CT molecular complexity index is 736. The first kappa shape index (κ1) is 17.6. The molecule has 4 saturated carbocycles. The summed E-state index contributed by atoms with van der Waals surface area (Å²) < 4.78 is 0. The predicted molar refractivity (Wildman–Crippen MR) is 108 cm³/mol. The molecule has 4 nitrogen and oxygen atoms in total. The highest BCUT2D eigenvalue weighted by atomic mass is 32.2. The van der Waals surface area contributed by atoms with Crippen LogP contribution in [0.3, 0.4) is 0 Å². The summed E-state index contributed by atoms with van der Waals surface area (Å²) in [5.74, 6) is 3.79. The SMILES string of the molecule is CCN(C(=O)CN1C(=O)CSc2ccccc21)C1C2CC3CC(C2)CC1C3. The number of para-hydroxylation sites is 1. The lowest BCUT2D eigenvalue weighted by molar-refractivity contribution is -0.142. The Kier molecular flexibility index (Phi) is 4.46. The maximum Gasteiger partial charge on any atom is 0.242 e. The second-order valence-corrected chi connectivity index (χ2v) is 9.85. The van der Waals surface area contributed by atoms with Crippen molar-refractivity contribution in [1.82, 2.24) is 4.90 Å². The van der Waals surface area contributed by atoms with E-state index in [1.165, 1.54) is 32.1 Å². The van der Waals surface area contributed by atoms with Crippen molar-refractivity contribution in [2.75, 3.05) is 23.7 Å². The van der Waals surface area contributed by atoms with Gasteiger partial charge < -0.3 is 9.80 Å². The normalized spacial score (nSPS) is 33.9. The van der Waals surface area contributed by atoms with Gasteiger partial charge in [0.15, 0.2) is 0 Å². The van der Waals surface area contributed by atoms with E-state index in [-0.39, 0.29) is 18.4 Å². The van der Waals surface area contributed by atoms with Crippen LogP contribution >= 0.6 is 11.8 Å². The van der Waals surface area contributed by atoms with E-state index in [2.05, 4.69) is 11.8 Å². The second kappa shape index (κ2) is 6.84. The van der Waals surface area contributed by atoms with Crippen molar-refractivity contribution < 1.29 is 9.59 Å². The van der Waals surface area contributed by atoms with Gasteiger partial charge in [-0.1, -0.05) is 12.1 Å². The fourth-order valence-electron chi connectivity index (χ4n) is 6.51. The van der Waals surface area contributed by atoms with Crippen molar-refractivity contribution in [1.29, 1.82) is 0 Å². The lowest BCUT2D eigenvalue weighted by atomic mass is 9.54. The Labute approximate surface area is 165 Å². The number of amides is 2. The van der Waals surface area contributed by atoms with Gasteiger partial charge in [-0.05, 0) is 74.8 Å². The van der Waals surface area contributed by atoms with E-state index in [1.807, 2.05) is 24.3 Å². The third-order valence-electron chi connectivity index (χ3n) is 7.30. The molecular weight excluding hydrogens is 356 g/mol. The molecule has 4 aliphatic carbocycles. The summed E-state index contributed by atoms with van der Waals surface area (Å²) in [5, 5.41) is 0. The molecule has 5 heteroatoms. The monoisotopic (exact) mass is 384 g/mol. The van der Waals surface area contributed by atoms with Crippen LogP contribution in [-0.2, 0) is 9.59 Å². The molecule has 6 rings (SSSR count). The summed E-state index contributed by atoms with van der Waals surface area (Å²) in [6.45, 7) is 3.04. The van der Waals surface area contributed by atoms with Crippen LogP contribution in [0.15, 0.2) is 29.2 Å². The van der Waals surface area contributed by atoms with Crippen LogP contribution in [-0.4, -0.2) is 41.6 Å². The summed E-state index contributed by atoms with van der Waals surface area (Å²) in [7, 11) is 0.